The van der Waals surface area contributed by atoms with Crippen molar-refractivity contribution in [1.29, 1.82) is 0 Å². The summed E-state index contributed by atoms with van der Waals surface area (Å²) in [6.07, 6.45) is 0. The fourth-order valence-electron chi connectivity index (χ4n) is 3.59. The minimum absolute atomic E-state index is 0.0485. The van der Waals surface area contributed by atoms with Gasteiger partial charge in [0.05, 0.1) is 30.8 Å². The van der Waals surface area contributed by atoms with Gasteiger partial charge in [0.2, 0.25) is 0 Å². The van der Waals surface area contributed by atoms with Crippen molar-refractivity contribution in [3.8, 4) is 5.75 Å². The third-order valence-electron chi connectivity index (χ3n) is 4.99. The van der Waals surface area contributed by atoms with Crippen molar-refractivity contribution in [1.82, 2.24) is 4.90 Å². The van der Waals surface area contributed by atoms with Gasteiger partial charge in [0, 0.05) is 4.88 Å². The molecule has 1 fully saturated rings. The lowest BCUT2D eigenvalue weighted by atomic mass is 9.95. The van der Waals surface area contributed by atoms with Gasteiger partial charge in [0.25, 0.3) is 11.7 Å². The molecule has 2 aromatic carbocycles. The molecule has 1 saturated heterocycles. The van der Waals surface area contributed by atoms with Crippen molar-refractivity contribution < 1.29 is 23.8 Å². The van der Waals surface area contributed by atoms with Crippen LogP contribution in [0.5, 0.6) is 5.75 Å². The van der Waals surface area contributed by atoms with E-state index in [9.17, 15) is 19.1 Å². The standard InChI is InChI=1S/C23H18FNO4S/c1-29-18-7-3-2-6-17(18)21(26)19-20(14-8-10-15(24)11-9-14)25(23(28)22(19)27)13-16-5-4-12-30-16/h2-12,20,26H,13H2,1H3/b21-19-. The number of aliphatic hydroxyl groups excluding tert-OH is 1. The first-order valence-electron chi connectivity index (χ1n) is 9.21. The van der Waals surface area contributed by atoms with Gasteiger partial charge in [-0.15, -0.1) is 11.3 Å². The number of carbonyl (C=O) groups is 2. The van der Waals surface area contributed by atoms with E-state index in [1.165, 1.54) is 47.6 Å². The van der Waals surface area contributed by atoms with E-state index in [-0.39, 0.29) is 17.9 Å². The number of methoxy groups -OCH3 is 1. The van der Waals surface area contributed by atoms with Gasteiger partial charge < -0.3 is 14.7 Å². The number of amides is 1. The molecule has 1 amide bonds. The largest absolute Gasteiger partial charge is 0.507 e. The SMILES string of the molecule is COc1ccccc1/C(O)=C1/C(=O)C(=O)N(Cc2cccs2)C1c1ccc(F)cc1. The van der Waals surface area contributed by atoms with Gasteiger partial charge in [-0.3, -0.25) is 9.59 Å². The topological polar surface area (TPSA) is 66.8 Å². The summed E-state index contributed by atoms with van der Waals surface area (Å²) < 4.78 is 18.8. The van der Waals surface area contributed by atoms with Crippen molar-refractivity contribution in [2.24, 2.45) is 0 Å². The van der Waals surface area contributed by atoms with E-state index >= 15 is 0 Å². The molecule has 1 aliphatic rings. The molecular formula is C23H18FNO4S. The number of Topliss-reactive ketones (excluding diaryl/α,β-unsaturated/α-hetero) is 1. The zero-order valence-corrected chi connectivity index (χ0v) is 16.9. The third-order valence-corrected chi connectivity index (χ3v) is 5.86. The summed E-state index contributed by atoms with van der Waals surface area (Å²) in [7, 11) is 1.46. The van der Waals surface area contributed by atoms with Gasteiger partial charge >= 0.3 is 0 Å². The second-order valence-corrected chi connectivity index (χ2v) is 7.79. The van der Waals surface area contributed by atoms with Crippen molar-refractivity contribution in [2.75, 3.05) is 7.11 Å². The van der Waals surface area contributed by atoms with Crippen LogP contribution < -0.4 is 4.74 Å². The van der Waals surface area contributed by atoms with Crippen LogP contribution in [0, 0.1) is 5.82 Å². The van der Waals surface area contributed by atoms with Crippen molar-refractivity contribution in [2.45, 2.75) is 12.6 Å². The molecule has 1 aliphatic heterocycles. The number of aliphatic hydroxyl groups is 1. The van der Waals surface area contributed by atoms with Gasteiger partial charge in [-0.25, -0.2) is 4.39 Å². The number of ketones is 1. The van der Waals surface area contributed by atoms with Crippen LogP contribution in [0.3, 0.4) is 0 Å². The number of ether oxygens (including phenoxy) is 1. The smallest absolute Gasteiger partial charge is 0.295 e. The highest BCUT2D eigenvalue weighted by molar-refractivity contribution is 7.09. The molecule has 0 saturated carbocycles. The van der Waals surface area contributed by atoms with Gasteiger partial charge in [0.15, 0.2) is 0 Å². The maximum absolute atomic E-state index is 13.5. The number of thiophene rings is 1. The monoisotopic (exact) mass is 423 g/mol. The Balaban J connectivity index is 1.89. The van der Waals surface area contributed by atoms with Crippen LogP contribution in [-0.4, -0.2) is 28.8 Å². The van der Waals surface area contributed by atoms with Crippen LogP contribution in [0.1, 0.15) is 22.0 Å². The predicted molar refractivity (Wildman–Crippen MR) is 112 cm³/mol. The number of halogens is 1. The van der Waals surface area contributed by atoms with Gasteiger partial charge in [0.1, 0.15) is 17.3 Å². The highest BCUT2D eigenvalue weighted by Crippen LogP contribution is 2.41. The molecule has 7 heteroatoms. The van der Waals surface area contributed by atoms with E-state index in [0.29, 0.717) is 16.9 Å². The molecule has 1 unspecified atom stereocenters. The Labute approximate surface area is 176 Å². The van der Waals surface area contributed by atoms with Crippen LogP contribution >= 0.6 is 11.3 Å². The van der Waals surface area contributed by atoms with E-state index in [1.807, 2.05) is 17.5 Å². The summed E-state index contributed by atoms with van der Waals surface area (Å²) in [5.41, 5.74) is 0.789. The number of hydrogen-bond acceptors (Lipinski definition) is 5. The van der Waals surface area contributed by atoms with Crippen LogP contribution in [-0.2, 0) is 16.1 Å². The van der Waals surface area contributed by atoms with E-state index < -0.39 is 23.5 Å². The average Bonchev–Trinajstić information content (AvgIpc) is 3.36. The molecule has 1 N–H and O–H groups in total. The van der Waals surface area contributed by atoms with E-state index in [0.717, 1.165) is 4.88 Å². The summed E-state index contributed by atoms with van der Waals surface area (Å²) in [6.45, 7) is 0.201. The van der Waals surface area contributed by atoms with E-state index in [2.05, 4.69) is 0 Å². The van der Waals surface area contributed by atoms with Gasteiger partial charge in [-0.2, -0.15) is 0 Å². The van der Waals surface area contributed by atoms with E-state index in [4.69, 9.17) is 4.74 Å². The molecule has 1 aromatic heterocycles. The Hall–Kier alpha value is -3.45. The minimum atomic E-state index is -0.849. The normalized spacial score (nSPS) is 18.1. The van der Waals surface area contributed by atoms with Crippen molar-refractivity contribution >= 4 is 28.8 Å². The number of rotatable bonds is 5. The Kier molecular flexibility index (Phi) is 5.37. The molecular weight excluding hydrogens is 405 g/mol. The number of benzene rings is 2. The maximum Gasteiger partial charge on any atom is 0.295 e. The molecule has 0 spiro atoms. The minimum Gasteiger partial charge on any atom is -0.507 e. The van der Waals surface area contributed by atoms with Crippen LogP contribution in [0.25, 0.3) is 5.76 Å². The first kappa shape index (κ1) is 19.8. The number of para-hydroxylation sites is 1. The molecule has 30 heavy (non-hydrogen) atoms. The molecule has 152 valence electrons. The molecule has 1 atom stereocenters. The molecule has 0 radical (unpaired) electrons. The van der Waals surface area contributed by atoms with Crippen LogP contribution in [0.4, 0.5) is 4.39 Å². The van der Waals surface area contributed by atoms with Crippen molar-refractivity contribution in [3.63, 3.8) is 0 Å². The number of carbonyl (C=O) groups excluding carboxylic acids is 2. The number of hydrogen-bond donors (Lipinski definition) is 1. The summed E-state index contributed by atoms with van der Waals surface area (Å²) in [6, 6.07) is 15.2. The highest BCUT2D eigenvalue weighted by atomic mass is 32.1. The Morgan fingerprint density at radius 3 is 2.50 bits per heavy atom. The van der Waals surface area contributed by atoms with E-state index in [1.54, 1.807) is 24.3 Å². The molecule has 0 aliphatic carbocycles. The Bertz CT molecular complexity index is 1120. The fourth-order valence-corrected chi connectivity index (χ4v) is 4.29. The highest BCUT2D eigenvalue weighted by Gasteiger charge is 2.46. The lowest BCUT2D eigenvalue weighted by molar-refractivity contribution is -0.140. The zero-order chi connectivity index (χ0) is 21.3. The quantitative estimate of drug-likeness (QED) is 0.372. The van der Waals surface area contributed by atoms with Gasteiger partial charge in [-0.05, 0) is 41.3 Å². The average molecular weight is 423 g/mol. The van der Waals surface area contributed by atoms with Crippen LogP contribution in [0.15, 0.2) is 71.6 Å². The number of nitrogens with zero attached hydrogens (tertiary/aromatic N) is 1. The molecule has 2 heterocycles. The summed E-state index contributed by atoms with van der Waals surface area (Å²) >= 11 is 1.46. The summed E-state index contributed by atoms with van der Waals surface area (Å²) in [5, 5.41) is 13.0. The fraction of sp³-hybridized carbons (Fsp3) is 0.130. The third kappa shape index (κ3) is 3.48. The number of likely N-dealkylation sites (tertiary alicyclic amines) is 1. The molecule has 3 aromatic rings. The Morgan fingerprint density at radius 2 is 1.83 bits per heavy atom. The lowest BCUT2D eigenvalue weighted by Crippen LogP contribution is -2.28. The molecule has 5 nitrogen and oxygen atoms in total. The summed E-state index contributed by atoms with van der Waals surface area (Å²) in [4.78, 5) is 28.2. The second kappa shape index (κ2) is 8.12. The van der Waals surface area contributed by atoms with Crippen LogP contribution in [0.2, 0.25) is 0 Å². The van der Waals surface area contributed by atoms with Crippen molar-refractivity contribution in [3.05, 3.63) is 93.4 Å². The lowest BCUT2D eigenvalue weighted by Gasteiger charge is -2.25. The van der Waals surface area contributed by atoms with Gasteiger partial charge in [-0.1, -0.05) is 30.3 Å². The first-order chi connectivity index (χ1) is 14.5. The maximum atomic E-state index is 13.5. The zero-order valence-electron chi connectivity index (χ0n) is 16.0. The molecule has 0 bridgehead atoms. The second-order valence-electron chi connectivity index (χ2n) is 6.76. The first-order valence-corrected chi connectivity index (χ1v) is 10.1. The molecule has 4 rings (SSSR count). The summed E-state index contributed by atoms with van der Waals surface area (Å²) in [5.74, 6) is -1.89. The predicted octanol–water partition coefficient (Wildman–Crippen LogP) is 4.52. The Morgan fingerprint density at radius 1 is 1.10 bits per heavy atom.